The van der Waals surface area contributed by atoms with Crippen molar-refractivity contribution in [2.75, 3.05) is 0 Å². The Bertz CT molecular complexity index is 605. The van der Waals surface area contributed by atoms with Gasteiger partial charge in [0.15, 0.2) is 11.2 Å². The quantitative estimate of drug-likeness (QED) is 0.750. The molecule has 2 heterocycles. The van der Waals surface area contributed by atoms with Crippen LogP contribution in [0.4, 0.5) is 0 Å². The predicted molar refractivity (Wildman–Crippen MR) is 56.0 cm³/mol. The van der Waals surface area contributed by atoms with E-state index < -0.39 is 5.69 Å². The number of H-pyrrole nitrogens is 1. The molecule has 80 valence electrons. The van der Waals surface area contributed by atoms with E-state index in [0.717, 1.165) is 0 Å². The summed E-state index contributed by atoms with van der Waals surface area (Å²) in [6.45, 7) is 4.90. The molecule has 0 spiro atoms. The first-order chi connectivity index (χ1) is 7.19. The van der Waals surface area contributed by atoms with Crippen LogP contribution in [0, 0.1) is 0 Å². The van der Waals surface area contributed by atoms with E-state index in [2.05, 4.69) is 9.97 Å². The van der Waals surface area contributed by atoms with Crippen molar-refractivity contribution in [3.8, 4) is 0 Å². The third-order valence-electron chi connectivity index (χ3n) is 2.41. The molecule has 0 aromatic carbocycles. The lowest BCUT2D eigenvalue weighted by Crippen LogP contribution is -2.30. The summed E-state index contributed by atoms with van der Waals surface area (Å²) in [6, 6.07) is 0. The monoisotopic (exact) mass is 208 g/mol. The van der Waals surface area contributed by atoms with Crippen molar-refractivity contribution in [3.63, 3.8) is 0 Å². The van der Waals surface area contributed by atoms with Crippen molar-refractivity contribution in [3.05, 3.63) is 27.2 Å². The molecule has 15 heavy (non-hydrogen) atoms. The molecule has 0 atom stereocenters. The van der Waals surface area contributed by atoms with Gasteiger partial charge in [-0.15, -0.1) is 0 Å². The van der Waals surface area contributed by atoms with Crippen LogP contribution in [0.3, 0.4) is 0 Å². The third-order valence-corrected chi connectivity index (χ3v) is 2.41. The van der Waals surface area contributed by atoms with Crippen LogP contribution in [0.2, 0.25) is 0 Å². The molecule has 0 radical (unpaired) electrons. The van der Waals surface area contributed by atoms with E-state index in [0.29, 0.717) is 24.3 Å². The lowest BCUT2D eigenvalue weighted by Gasteiger charge is -2.02. The minimum atomic E-state index is -0.406. The van der Waals surface area contributed by atoms with Gasteiger partial charge in [-0.3, -0.25) is 14.3 Å². The average molecular weight is 208 g/mol. The van der Waals surface area contributed by atoms with Crippen LogP contribution in [0.25, 0.3) is 11.2 Å². The molecule has 0 fully saturated rings. The standard InChI is InChI=1S/C9H12N4O2/c1-3-12-5-10-7-6(12)8(14)11-9(15)13(7)4-2/h5H,3-4H2,1-2H3,(H,11,14,15). The minimum absolute atomic E-state index is 0.376. The van der Waals surface area contributed by atoms with Crippen molar-refractivity contribution >= 4 is 11.2 Å². The number of rotatable bonds is 2. The fourth-order valence-electron chi connectivity index (χ4n) is 1.65. The first kappa shape index (κ1) is 9.70. The lowest BCUT2D eigenvalue weighted by atomic mass is 10.5. The second-order valence-electron chi connectivity index (χ2n) is 3.21. The van der Waals surface area contributed by atoms with Crippen LogP contribution in [0.5, 0.6) is 0 Å². The Morgan fingerprint density at radius 2 is 2.07 bits per heavy atom. The number of imidazole rings is 1. The highest BCUT2D eigenvalue weighted by Crippen LogP contribution is 2.04. The largest absolute Gasteiger partial charge is 0.330 e. The summed E-state index contributed by atoms with van der Waals surface area (Å²) >= 11 is 0. The summed E-state index contributed by atoms with van der Waals surface area (Å²) in [5, 5.41) is 0. The molecule has 0 bridgehead atoms. The lowest BCUT2D eigenvalue weighted by molar-refractivity contribution is 0.716. The van der Waals surface area contributed by atoms with Crippen LogP contribution in [-0.4, -0.2) is 19.1 Å². The molecule has 0 aliphatic carbocycles. The van der Waals surface area contributed by atoms with E-state index in [4.69, 9.17) is 0 Å². The van der Waals surface area contributed by atoms with Gasteiger partial charge in [0, 0.05) is 13.1 Å². The zero-order valence-corrected chi connectivity index (χ0v) is 8.65. The Hall–Kier alpha value is -1.85. The van der Waals surface area contributed by atoms with Gasteiger partial charge in [0.05, 0.1) is 6.33 Å². The Morgan fingerprint density at radius 1 is 1.33 bits per heavy atom. The Morgan fingerprint density at radius 3 is 2.67 bits per heavy atom. The fourth-order valence-corrected chi connectivity index (χ4v) is 1.65. The predicted octanol–water partition coefficient (Wildman–Crippen LogP) is -0.0739. The summed E-state index contributed by atoms with van der Waals surface area (Å²) in [7, 11) is 0. The van der Waals surface area contributed by atoms with Crippen LogP contribution >= 0.6 is 0 Å². The van der Waals surface area contributed by atoms with Gasteiger partial charge in [-0.25, -0.2) is 9.78 Å². The maximum absolute atomic E-state index is 11.6. The van der Waals surface area contributed by atoms with Crippen molar-refractivity contribution in [1.82, 2.24) is 19.1 Å². The summed E-state index contributed by atoms with van der Waals surface area (Å²) in [4.78, 5) is 29.4. The Balaban J connectivity index is 2.99. The van der Waals surface area contributed by atoms with Crippen LogP contribution in [-0.2, 0) is 13.1 Å². The van der Waals surface area contributed by atoms with Crippen molar-refractivity contribution in [2.24, 2.45) is 0 Å². The molecule has 6 heteroatoms. The molecular weight excluding hydrogens is 196 g/mol. The Kier molecular flexibility index (Phi) is 2.18. The van der Waals surface area contributed by atoms with Crippen LogP contribution in [0.15, 0.2) is 15.9 Å². The highest BCUT2D eigenvalue weighted by atomic mass is 16.2. The van der Waals surface area contributed by atoms with E-state index >= 15 is 0 Å². The van der Waals surface area contributed by atoms with Gasteiger partial charge in [-0.1, -0.05) is 0 Å². The molecule has 0 amide bonds. The SMILES string of the molecule is CCn1cnc2c1c(=O)[nH]c(=O)n2CC. The number of aryl methyl sites for hydroxylation is 2. The molecule has 2 aromatic rings. The highest BCUT2D eigenvalue weighted by Gasteiger charge is 2.10. The molecule has 0 aliphatic heterocycles. The Labute approximate surface area is 85.2 Å². The number of hydrogen-bond donors (Lipinski definition) is 1. The number of aromatic amines is 1. The molecule has 0 aliphatic rings. The second-order valence-corrected chi connectivity index (χ2v) is 3.21. The molecule has 0 unspecified atom stereocenters. The number of aromatic nitrogens is 4. The molecular formula is C9H12N4O2. The smallest absolute Gasteiger partial charge is 0.325 e. The number of fused-ring (bicyclic) bond motifs is 1. The van der Waals surface area contributed by atoms with Crippen molar-refractivity contribution in [2.45, 2.75) is 26.9 Å². The molecule has 6 nitrogen and oxygen atoms in total. The number of hydrogen-bond acceptors (Lipinski definition) is 3. The maximum Gasteiger partial charge on any atom is 0.330 e. The van der Waals surface area contributed by atoms with Crippen LogP contribution < -0.4 is 11.2 Å². The minimum Gasteiger partial charge on any atom is -0.325 e. The van der Waals surface area contributed by atoms with Gasteiger partial charge in [-0.2, -0.15) is 0 Å². The van der Waals surface area contributed by atoms with Gasteiger partial charge < -0.3 is 4.57 Å². The van der Waals surface area contributed by atoms with E-state index in [-0.39, 0.29) is 5.56 Å². The summed E-state index contributed by atoms with van der Waals surface area (Å²) in [5.41, 5.74) is 0.127. The van der Waals surface area contributed by atoms with E-state index in [1.165, 1.54) is 4.57 Å². The van der Waals surface area contributed by atoms with E-state index in [1.54, 1.807) is 10.9 Å². The zero-order valence-electron chi connectivity index (χ0n) is 8.65. The summed E-state index contributed by atoms with van der Waals surface area (Å²) < 4.78 is 3.17. The normalized spacial score (nSPS) is 11.1. The van der Waals surface area contributed by atoms with E-state index in [9.17, 15) is 9.59 Å². The van der Waals surface area contributed by atoms with Crippen molar-refractivity contribution < 1.29 is 0 Å². The van der Waals surface area contributed by atoms with Crippen molar-refractivity contribution in [1.29, 1.82) is 0 Å². The topological polar surface area (TPSA) is 72.7 Å². The molecule has 1 N–H and O–H groups in total. The van der Waals surface area contributed by atoms with E-state index in [1.807, 2.05) is 13.8 Å². The second kappa shape index (κ2) is 3.38. The van der Waals surface area contributed by atoms with Gasteiger partial charge in [0.25, 0.3) is 5.56 Å². The highest BCUT2D eigenvalue weighted by molar-refractivity contribution is 5.69. The maximum atomic E-state index is 11.6. The van der Waals surface area contributed by atoms with Gasteiger partial charge in [-0.05, 0) is 13.8 Å². The van der Waals surface area contributed by atoms with Gasteiger partial charge in [0.1, 0.15) is 0 Å². The number of nitrogens with zero attached hydrogens (tertiary/aromatic N) is 3. The zero-order chi connectivity index (χ0) is 11.0. The van der Waals surface area contributed by atoms with Crippen LogP contribution in [0.1, 0.15) is 13.8 Å². The molecule has 2 rings (SSSR count). The number of nitrogens with one attached hydrogen (secondary N) is 1. The molecule has 0 saturated carbocycles. The molecule has 2 aromatic heterocycles. The first-order valence-corrected chi connectivity index (χ1v) is 4.87. The van der Waals surface area contributed by atoms with Gasteiger partial charge in [0.2, 0.25) is 0 Å². The first-order valence-electron chi connectivity index (χ1n) is 4.87. The summed E-state index contributed by atoms with van der Waals surface area (Å²) in [5.74, 6) is 0. The fraction of sp³-hybridized carbons (Fsp3) is 0.444. The molecule has 0 saturated heterocycles. The third kappa shape index (κ3) is 1.29. The average Bonchev–Trinajstić information content (AvgIpc) is 2.62. The van der Waals surface area contributed by atoms with Gasteiger partial charge >= 0.3 is 5.69 Å². The summed E-state index contributed by atoms with van der Waals surface area (Å²) in [6.07, 6.45) is 1.57.